The number of rotatable bonds is 6. The molecule has 2 aromatic heterocycles. The van der Waals surface area contributed by atoms with Gasteiger partial charge in [0.1, 0.15) is 0 Å². The quantitative estimate of drug-likeness (QED) is 0.505. The largest absolute Gasteiger partial charge is 0.351 e. The van der Waals surface area contributed by atoms with Gasteiger partial charge in [-0.25, -0.2) is 4.98 Å². The summed E-state index contributed by atoms with van der Waals surface area (Å²) >= 11 is 2.98. The highest BCUT2D eigenvalue weighted by molar-refractivity contribution is 7.99. The SMILES string of the molecule is CC(C)(C)NC(=O)CSc1nc2ccccc2c(=O)n1CCc1cccs1. The van der Waals surface area contributed by atoms with Crippen LogP contribution in [0.2, 0.25) is 0 Å². The van der Waals surface area contributed by atoms with Gasteiger partial charge in [-0.1, -0.05) is 30.0 Å². The molecule has 0 saturated carbocycles. The van der Waals surface area contributed by atoms with Crippen LogP contribution in [0, 0.1) is 0 Å². The Bertz CT molecular complexity index is 989. The van der Waals surface area contributed by atoms with Gasteiger partial charge in [0.15, 0.2) is 5.16 Å². The average Bonchev–Trinajstić information content (AvgIpc) is 3.11. The van der Waals surface area contributed by atoms with E-state index >= 15 is 0 Å². The molecule has 3 aromatic rings. The predicted octanol–water partition coefficient (Wildman–Crippen LogP) is 3.71. The lowest BCUT2D eigenvalue weighted by Gasteiger charge is -2.20. The number of thiophene rings is 1. The molecule has 0 aliphatic heterocycles. The zero-order valence-corrected chi connectivity index (χ0v) is 17.3. The first-order valence-corrected chi connectivity index (χ1v) is 10.7. The maximum atomic E-state index is 13.0. The summed E-state index contributed by atoms with van der Waals surface area (Å²) in [6.45, 7) is 6.38. The van der Waals surface area contributed by atoms with Gasteiger partial charge in [-0.2, -0.15) is 0 Å². The summed E-state index contributed by atoms with van der Waals surface area (Å²) in [5.74, 6) is 0.154. The fourth-order valence-electron chi connectivity index (χ4n) is 2.72. The monoisotopic (exact) mass is 401 g/mol. The second kappa shape index (κ2) is 8.27. The van der Waals surface area contributed by atoms with Crippen molar-refractivity contribution in [3.8, 4) is 0 Å². The van der Waals surface area contributed by atoms with E-state index in [9.17, 15) is 9.59 Å². The van der Waals surface area contributed by atoms with Crippen LogP contribution in [0.1, 0.15) is 25.6 Å². The molecule has 0 fully saturated rings. The van der Waals surface area contributed by atoms with Gasteiger partial charge >= 0.3 is 0 Å². The van der Waals surface area contributed by atoms with Gasteiger partial charge in [0.05, 0.1) is 16.7 Å². The molecular formula is C20H23N3O2S2. The Kier molecular flexibility index (Phi) is 6.01. The summed E-state index contributed by atoms with van der Waals surface area (Å²) in [4.78, 5) is 31.1. The van der Waals surface area contributed by atoms with Gasteiger partial charge in [-0.05, 0) is 50.8 Å². The van der Waals surface area contributed by atoms with Crippen molar-refractivity contribution in [2.24, 2.45) is 0 Å². The molecule has 27 heavy (non-hydrogen) atoms. The number of aromatic nitrogens is 2. The van der Waals surface area contributed by atoms with Gasteiger partial charge < -0.3 is 5.32 Å². The molecule has 0 unspecified atom stereocenters. The van der Waals surface area contributed by atoms with Crippen molar-refractivity contribution in [3.63, 3.8) is 0 Å². The minimum atomic E-state index is -0.284. The number of hydrogen-bond donors (Lipinski definition) is 1. The van der Waals surface area contributed by atoms with E-state index in [0.717, 1.165) is 6.42 Å². The third kappa shape index (κ3) is 5.20. The number of carbonyl (C=O) groups is 1. The molecule has 0 saturated heterocycles. The Morgan fingerprint density at radius 1 is 1.22 bits per heavy atom. The van der Waals surface area contributed by atoms with Crippen molar-refractivity contribution in [1.82, 2.24) is 14.9 Å². The normalized spacial score (nSPS) is 11.7. The molecule has 7 heteroatoms. The maximum absolute atomic E-state index is 13.0. The van der Waals surface area contributed by atoms with Crippen LogP contribution >= 0.6 is 23.1 Å². The fraction of sp³-hybridized carbons (Fsp3) is 0.350. The number of benzene rings is 1. The van der Waals surface area contributed by atoms with Crippen LogP contribution in [-0.4, -0.2) is 26.8 Å². The van der Waals surface area contributed by atoms with Gasteiger partial charge in [-0.15, -0.1) is 11.3 Å². The van der Waals surface area contributed by atoms with E-state index in [1.165, 1.54) is 16.6 Å². The third-order valence-electron chi connectivity index (χ3n) is 3.84. The number of fused-ring (bicyclic) bond motifs is 1. The average molecular weight is 402 g/mol. The minimum absolute atomic E-state index is 0.0594. The topological polar surface area (TPSA) is 64.0 Å². The summed E-state index contributed by atoms with van der Waals surface area (Å²) in [6, 6.07) is 11.4. The van der Waals surface area contributed by atoms with Crippen molar-refractivity contribution in [2.45, 2.75) is 44.4 Å². The van der Waals surface area contributed by atoms with Crippen molar-refractivity contribution in [2.75, 3.05) is 5.75 Å². The van der Waals surface area contributed by atoms with Crippen molar-refractivity contribution >= 4 is 39.9 Å². The Labute approximate surface area is 166 Å². The zero-order chi connectivity index (χ0) is 19.4. The highest BCUT2D eigenvalue weighted by Crippen LogP contribution is 2.19. The first kappa shape index (κ1) is 19.6. The fourth-order valence-corrected chi connectivity index (χ4v) is 4.24. The lowest BCUT2D eigenvalue weighted by atomic mass is 10.1. The van der Waals surface area contributed by atoms with Gasteiger partial charge in [-0.3, -0.25) is 14.2 Å². The lowest BCUT2D eigenvalue weighted by molar-refractivity contribution is -0.119. The van der Waals surface area contributed by atoms with Crippen molar-refractivity contribution in [3.05, 3.63) is 57.0 Å². The molecule has 0 aliphatic carbocycles. The van der Waals surface area contributed by atoms with Crippen LogP contribution in [0.25, 0.3) is 10.9 Å². The summed E-state index contributed by atoms with van der Waals surface area (Å²) in [5.41, 5.74) is 0.317. The summed E-state index contributed by atoms with van der Waals surface area (Å²) in [7, 11) is 0. The number of aryl methyl sites for hydroxylation is 1. The Morgan fingerprint density at radius 3 is 2.70 bits per heavy atom. The Morgan fingerprint density at radius 2 is 2.00 bits per heavy atom. The lowest BCUT2D eigenvalue weighted by Crippen LogP contribution is -2.41. The number of hydrogen-bond acceptors (Lipinski definition) is 5. The van der Waals surface area contributed by atoms with Crippen molar-refractivity contribution in [1.29, 1.82) is 0 Å². The van der Waals surface area contributed by atoms with Crippen LogP contribution in [0.15, 0.2) is 51.7 Å². The molecule has 5 nitrogen and oxygen atoms in total. The van der Waals surface area contributed by atoms with Crippen LogP contribution in [-0.2, 0) is 17.8 Å². The standard InChI is InChI=1S/C20H23N3O2S2/c1-20(2,3)22-17(24)13-27-19-21-16-9-5-4-8-15(16)18(25)23(19)11-10-14-7-6-12-26-14/h4-9,12H,10-11,13H2,1-3H3,(H,22,24). The van der Waals surface area contributed by atoms with Gasteiger partial charge in [0.25, 0.3) is 5.56 Å². The first-order valence-electron chi connectivity index (χ1n) is 8.79. The van der Waals surface area contributed by atoms with E-state index in [-0.39, 0.29) is 22.8 Å². The minimum Gasteiger partial charge on any atom is -0.351 e. The van der Waals surface area contributed by atoms with Crippen LogP contribution in [0.4, 0.5) is 0 Å². The van der Waals surface area contributed by atoms with Crippen LogP contribution < -0.4 is 10.9 Å². The highest BCUT2D eigenvalue weighted by atomic mass is 32.2. The third-order valence-corrected chi connectivity index (χ3v) is 5.75. The van der Waals surface area contributed by atoms with E-state index in [2.05, 4.69) is 16.4 Å². The molecule has 0 radical (unpaired) electrons. The number of thioether (sulfide) groups is 1. The van der Waals surface area contributed by atoms with E-state index in [1.54, 1.807) is 22.0 Å². The van der Waals surface area contributed by atoms with E-state index in [0.29, 0.717) is 22.6 Å². The summed E-state index contributed by atoms with van der Waals surface area (Å²) in [5, 5.41) is 6.16. The van der Waals surface area contributed by atoms with E-state index < -0.39 is 0 Å². The summed E-state index contributed by atoms with van der Waals surface area (Å²) in [6.07, 6.45) is 0.763. The number of para-hydroxylation sites is 1. The van der Waals surface area contributed by atoms with Crippen LogP contribution in [0.5, 0.6) is 0 Å². The molecule has 2 heterocycles. The molecule has 0 spiro atoms. The van der Waals surface area contributed by atoms with Gasteiger partial charge in [0, 0.05) is 17.0 Å². The molecule has 0 aliphatic rings. The number of carbonyl (C=O) groups excluding carboxylic acids is 1. The molecule has 1 aromatic carbocycles. The Hall–Kier alpha value is -2.12. The predicted molar refractivity (Wildman–Crippen MR) is 113 cm³/mol. The molecular weight excluding hydrogens is 378 g/mol. The smallest absolute Gasteiger partial charge is 0.262 e. The van der Waals surface area contributed by atoms with Crippen LogP contribution in [0.3, 0.4) is 0 Å². The summed E-state index contributed by atoms with van der Waals surface area (Å²) < 4.78 is 1.69. The molecule has 0 bridgehead atoms. The molecule has 1 amide bonds. The maximum Gasteiger partial charge on any atom is 0.262 e. The van der Waals surface area contributed by atoms with E-state index in [1.807, 2.05) is 50.4 Å². The van der Waals surface area contributed by atoms with E-state index in [4.69, 9.17) is 0 Å². The number of nitrogens with one attached hydrogen (secondary N) is 1. The number of nitrogens with zero attached hydrogens (tertiary/aromatic N) is 2. The Balaban J connectivity index is 1.88. The molecule has 142 valence electrons. The highest BCUT2D eigenvalue weighted by Gasteiger charge is 2.16. The first-order chi connectivity index (χ1) is 12.8. The van der Waals surface area contributed by atoms with Crippen molar-refractivity contribution < 1.29 is 4.79 Å². The molecule has 0 atom stereocenters. The molecule has 1 N–H and O–H groups in total. The molecule has 3 rings (SSSR count). The second-order valence-electron chi connectivity index (χ2n) is 7.28. The zero-order valence-electron chi connectivity index (χ0n) is 15.7. The van der Waals surface area contributed by atoms with Gasteiger partial charge in [0.2, 0.25) is 5.91 Å². The number of amides is 1. The second-order valence-corrected chi connectivity index (χ2v) is 9.26.